The van der Waals surface area contributed by atoms with Crippen LogP contribution in [0.3, 0.4) is 0 Å². The molecule has 1 atom stereocenters. The van der Waals surface area contributed by atoms with Gasteiger partial charge in [0.15, 0.2) is 0 Å². The second-order valence-electron chi connectivity index (χ2n) is 4.91. The first-order valence-electron chi connectivity index (χ1n) is 6.74. The molecular formula is C15H23N. The molecular weight excluding hydrogens is 194 g/mol. The van der Waals surface area contributed by atoms with Crippen LogP contribution in [-0.2, 0) is 6.42 Å². The van der Waals surface area contributed by atoms with Gasteiger partial charge in [0.1, 0.15) is 0 Å². The van der Waals surface area contributed by atoms with Crippen LogP contribution in [0.25, 0.3) is 0 Å². The molecule has 1 heteroatoms. The van der Waals surface area contributed by atoms with Crippen LogP contribution < -0.4 is 5.32 Å². The van der Waals surface area contributed by atoms with Gasteiger partial charge in [-0.25, -0.2) is 0 Å². The van der Waals surface area contributed by atoms with E-state index in [1.165, 1.54) is 56.2 Å². The summed E-state index contributed by atoms with van der Waals surface area (Å²) in [5, 5.41) is 3.63. The summed E-state index contributed by atoms with van der Waals surface area (Å²) in [6.07, 6.45) is 9.50. The zero-order valence-corrected chi connectivity index (χ0v) is 10.3. The van der Waals surface area contributed by atoms with Crippen molar-refractivity contribution in [2.45, 2.75) is 57.9 Å². The van der Waals surface area contributed by atoms with Gasteiger partial charge in [-0.05, 0) is 24.5 Å². The van der Waals surface area contributed by atoms with E-state index in [1.54, 1.807) is 0 Å². The topological polar surface area (TPSA) is 12.0 Å². The van der Waals surface area contributed by atoms with E-state index in [9.17, 15) is 0 Å². The number of nitrogens with one attached hydrogen (secondary N) is 1. The van der Waals surface area contributed by atoms with E-state index in [2.05, 4.69) is 36.5 Å². The fourth-order valence-electron chi connectivity index (χ4n) is 2.54. The Hall–Kier alpha value is -0.980. The Morgan fingerprint density at radius 3 is 2.75 bits per heavy atom. The summed E-state index contributed by atoms with van der Waals surface area (Å²) < 4.78 is 0. The SMILES string of the molecule is CCCCCCCC1Cc2ccccc2N1. The van der Waals surface area contributed by atoms with Gasteiger partial charge in [-0.15, -0.1) is 0 Å². The third-order valence-electron chi connectivity index (χ3n) is 3.50. The predicted octanol–water partition coefficient (Wildman–Crippen LogP) is 4.38. The van der Waals surface area contributed by atoms with Crippen LogP contribution >= 0.6 is 0 Å². The summed E-state index contributed by atoms with van der Waals surface area (Å²) in [5.74, 6) is 0. The molecule has 1 aliphatic rings. The molecule has 0 radical (unpaired) electrons. The molecule has 16 heavy (non-hydrogen) atoms. The van der Waals surface area contributed by atoms with Crippen molar-refractivity contribution in [2.75, 3.05) is 5.32 Å². The first-order chi connectivity index (χ1) is 7.90. The summed E-state index contributed by atoms with van der Waals surface area (Å²) in [5.41, 5.74) is 2.86. The summed E-state index contributed by atoms with van der Waals surface area (Å²) in [7, 11) is 0. The third-order valence-corrected chi connectivity index (χ3v) is 3.50. The molecule has 1 aliphatic heterocycles. The van der Waals surface area contributed by atoms with Gasteiger partial charge in [-0.1, -0.05) is 57.2 Å². The number of hydrogen-bond acceptors (Lipinski definition) is 1. The fourth-order valence-corrected chi connectivity index (χ4v) is 2.54. The van der Waals surface area contributed by atoms with Gasteiger partial charge in [-0.2, -0.15) is 0 Å². The van der Waals surface area contributed by atoms with Crippen molar-refractivity contribution in [1.82, 2.24) is 0 Å². The molecule has 1 aromatic carbocycles. The Kier molecular flexibility index (Phi) is 4.26. The van der Waals surface area contributed by atoms with Gasteiger partial charge in [0.25, 0.3) is 0 Å². The largest absolute Gasteiger partial charge is 0.382 e. The maximum absolute atomic E-state index is 3.63. The molecule has 0 spiro atoms. The van der Waals surface area contributed by atoms with Crippen LogP contribution in [0.5, 0.6) is 0 Å². The minimum Gasteiger partial charge on any atom is -0.382 e. The fraction of sp³-hybridized carbons (Fsp3) is 0.600. The zero-order chi connectivity index (χ0) is 11.2. The summed E-state index contributed by atoms with van der Waals surface area (Å²) in [6, 6.07) is 9.41. The highest BCUT2D eigenvalue weighted by Gasteiger charge is 2.18. The molecule has 0 amide bonds. The standard InChI is InChI=1S/C15H23N/c1-2-3-4-5-6-10-14-12-13-9-7-8-11-15(13)16-14/h7-9,11,14,16H,2-6,10,12H2,1H3. The lowest BCUT2D eigenvalue weighted by molar-refractivity contribution is 0.568. The average molecular weight is 217 g/mol. The average Bonchev–Trinajstić information content (AvgIpc) is 2.71. The molecule has 1 aromatic rings. The maximum atomic E-state index is 3.63. The van der Waals surface area contributed by atoms with E-state index < -0.39 is 0 Å². The van der Waals surface area contributed by atoms with Crippen molar-refractivity contribution in [3.63, 3.8) is 0 Å². The lowest BCUT2D eigenvalue weighted by Crippen LogP contribution is -2.14. The van der Waals surface area contributed by atoms with E-state index in [0.29, 0.717) is 6.04 Å². The van der Waals surface area contributed by atoms with Gasteiger partial charge in [0.2, 0.25) is 0 Å². The van der Waals surface area contributed by atoms with Crippen LogP contribution in [0, 0.1) is 0 Å². The van der Waals surface area contributed by atoms with Crippen molar-refractivity contribution < 1.29 is 0 Å². The van der Waals surface area contributed by atoms with Crippen molar-refractivity contribution in [1.29, 1.82) is 0 Å². The second kappa shape index (κ2) is 5.93. The van der Waals surface area contributed by atoms with Crippen molar-refractivity contribution in [2.24, 2.45) is 0 Å². The van der Waals surface area contributed by atoms with Crippen LogP contribution in [-0.4, -0.2) is 6.04 Å². The molecule has 0 bridgehead atoms. The minimum absolute atomic E-state index is 0.694. The lowest BCUT2D eigenvalue weighted by Gasteiger charge is -2.10. The molecule has 0 saturated heterocycles. The molecule has 2 rings (SSSR count). The molecule has 1 heterocycles. The van der Waals surface area contributed by atoms with Crippen molar-refractivity contribution >= 4 is 5.69 Å². The molecule has 0 aromatic heterocycles. The van der Waals surface area contributed by atoms with E-state index in [0.717, 1.165) is 0 Å². The van der Waals surface area contributed by atoms with Crippen LogP contribution in [0.4, 0.5) is 5.69 Å². The highest BCUT2D eigenvalue weighted by atomic mass is 14.9. The normalized spacial score (nSPS) is 18.2. The number of fused-ring (bicyclic) bond motifs is 1. The van der Waals surface area contributed by atoms with Gasteiger partial charge < -0.3 is 5.32 Å². The Morgan fingerprint density at radius 1 is 1.12 bits per heavy atom. The van der Waals surface area contributed by atoms with Crippen LogP contribution in [0.2, 0.25) is 0 Å². The third kappa shape index (κ3) is 3.01. The van der Waals surface area contributed by atoms with E-state index in [4.69, 9.17) is 0 Å². The Morgan fingerprint density at radius 2 is 1.94 bits per heavy atom. The lowest BCUT2D eigenvalue weighted by atomic mass is 10.0. The molecule has 1 nitrogen and oxygen atoms in total. The van der Waals surface area contributed by atoms with E-state index in [-0.39, 0.29) is 0 Å². The Bertz CT molecular complexity index is 294. The van der Waals surface area contributed by atoms with Gasteiger partial charge >= 0.3 is 0 Å². The molecule has 1 unspecified atom stereocenters. The molecule has 1 N–H and O–H groups in total. The maximum Gasteiger partial charge on any atom is 0.0375 e. The summed E-state index contributed by atoms with van der Waals surface area (Å²) >= 11 is 0. The van der Waals surface area contributed by atoms with Crippen LogP contribution in [0.1, 0.15) is 51.0 Å². The summed E-state index contributed by atoms with van der Waals surface area (Å²) in [4.78, 5) is 0. The summed E-state index contributed by atoms with van der Waals surface area (Å²) in [6.45, 7) is 2.27. The number of unbranched alkanes of at least 4 members (excludes halogenated alkanes) is 4. The predicted molar refractivity (Wildman–Crippen MR) is 70.9 cm³/mol. The Balaban J connectivity index is 1.67. The second-order valence-corrected chi connectivity index (χ2v) is 4.91. The number of rotatable bonds is 6. The van der Waals surface area contributed by atoms with Crippen molar-refractivity contribution in [3.8, 4) is 0 Å². The van der Waals surface area contributed by atoms with Gasteiger partial charge in [0.05, 0.1) is 0 Å². The molecule has 0 aliphatic carbocycles. The Labute approximate surface area is 99.3 Å². The molecule has 0 fully saturated rings. The molecule has 0 saturated carbocycles. The minimum atomic E-state index is 0.694. The van der Waals surface area contributed by atoms with Gasteiger partial charge in [0, 0.05) is 11.7 Å². The van der Waals surface area contributed by atoms with Gasteiger partial charge in [-0.3, -0.25) is 0 Å². The monoisotopic (exact) mass is 217 g/mol. The first kappa shape index (κ1) is 11.5. The highest BCUT2D eigenvalue weighted by Crippen LogP contribution is 2.27. The number of anilines is 1. The van der Waals surface area contributed by atoms with Crippen molar-refractivity contribution in [3.05, 3.63) is 29.8 Å². The first-order valence-corrected chi connectivity index (χ1v) is 6.74. The van der Waals surface area contributed by atoms with E-state index in [1.807, 2.05) is 0 Å². The number of hydrogen-bond donors (Lipinski definition) is 1. The quantitative estimate of drug-likeness (QED) is 0.697. The highest BCUT2D eigenvalue weighted by molar-refractivity contribution is 5.56. The van der Waals surface area contributed by atoms with Crippen LogP contribution in [0.15, 0.2) is 24.3 Å². The molecule has 88 valence electrons. The smallest absolute Gasteiger partial charge is 0.0375 e. The zero-order valence-electron chi connectivity index (χ0n) is 10.3. The van der Waals surface area contributed by atoms with E-state index >= 15 is 0 Å². The number of para-hydroxylation sites is 1. The number of benzene rings is 1.